The molecule has 4 fully saturated rings. The summed E-state index contributed by atoms with van der Waals surface area (Å²) in [6.45, 7) is 8.49. The number of rotatable bonds is 4. The van der Waals surface area contributed by atoms with E-state index in [-0.39, 0.29) is 113 Å². The van der Waals surface area contributed by atoms with Gasteiger partial charge in [-0.1, -0.05) is 0 Å². The van der Waals surface area contributed by atoms with Gasteiger partial charge in [-0.3, -0.25) is 40.4 Å². The maximum absolute atomic E-state index is 11.0. The Bertz CT molecular complexity index is 1460. The predicted molar refractivity (Wildman–Crippen MR) is 196 cm³/mol. The number of carbonyl (C=O) groups is 8. The van der Waals surface area contributed by atoms with Gasteiger partial charge in [0, 0.05) is 41.5 Å². The van der Waals surface area contributed by atoms with Crippen LogP contribution in [-0.2, 0) is 96.3 Å². The summed E-state index contributed by atoms with van der Waals surface area (Å²) in [7, 11) is 4.99. The Labute approximate surface area is 369 Å². The molecule has 0 aromatic heterocycles. The van der Waals surface area contributed by atoms with E-state index < -0.39 is 48.0 Å². The number of nitrogens with one attached hydrogen (secondary N) is 4. The molecule has 8 N–H and O–H groups in total. The minimum atomic E-state index is -0.672. The number of carbonyl (C=O) groups excluding carboxylic acids is 12. The average molecular weight is 1040 g/mol. The molecule has 26 nitrogen and oxygen atoms in total. The van der Waals surface area contributed by atoms with Crippen LogP contribution in [0.25, 0.3) is 0 Å². The van der Waals surface area contributed by atoms with Crippen LogP contribution >= 0.6 is 0 Å². The molecule has 334 valence electrons. The number of methoxy groups -OCH3 is 4. The monoisotopic (exact) mass is 1040 g/mol. The smallest absolute Gasteiger partial charge is 0.467 e. The average Bonchev–Trinajstić information content (AvgIpc) is 3.96. The van der Waals surface area contributed by atoms with Crippen molar-refractivity contribution in [1.29, 1.82) is 10.5 Å². The summed E-state index contributed by atoms with van der Waals surface area (Å²) in [6.07, 6.45) is 0. The Morgan fingerprint density at radius 2 is 0.600 bits per heavy atom. The molecule has 4 unspecified atom stereocenters. The summed E-state index contributed by atoms with van der Waals surface area (Å²) in [5.41, 5.74) is 0. The van der Waals surface area contributed by atoms with Crippen molar-refractivity contribution in [3.05, 3.63) is 0 Å². The molecule has 0 aromatic rings. The van der Waals surface area contributed by atoms with Crippen LogP contribution in [0.1, 0.15) is 41.5 Å². The van der Waals surface area contributed by atoms with Crippen LogP contribution in [0.2, 0.25) is 0 Å². The van der Waals surface area contributed by atoms with Crippen molar-refractivity contribution in [2.75, 3.05) is 54.6 Å². The van der Waals surface area contributed by atoms with Crippen LogP contribution in [-0.4, -0.2) is 189 Å². The fourth-order valence-electron chi connectivity index (χ4n) is 4.41. The number of nitriles is 2. The van der Waals surface area contributed by atoms with E-state index in [9.17, 15) is 57.5 Å². The molecule has 0 aromatic carbocycles. The van der Waals surface area contributed by atoms with E-state index in [1.165, 1.54) is 70.0 Å². The molecular formula is C32H50N10O16Rh2+8. The molecule has 12 amide bonds. The third-order valence-corrected chi connectivity index (χ3v) is 7.16. The summed E-state index contributed by atoms with van der Waals surface area (Å²) >= 11 is 0. The quantitative estimate of drug-likeness (QED) is 0.0886. The van der Waals surface area contributed by atoms with Gasteiger partial charge in [-0.05, 0) is 0 Å². The van der Waals surface area contributed by atoms with Crippen LogP contribution < -0.4 is 21.3 Å². The van der Waals surface area contributed by atoms with Crippen LogP contribution in [0.3, 0.4) is 0 Å². The van der Waals surface area contributed by atoms with E-state index in [4.69, 9.17) is 10.5 Å². The predicted octanol–water partition coefficient (Wildman–Crippen LogP) is -5.19. The summed E-state index contributed by atoms with van der Waals surface area (Å²) < 4.78 is 17.8. The van der Waals surface area contributed by atoms with Crippen LogP contribution in [0.15, 0.2) is 0 Å². The number of amides is 12. The summed E-state index contributed by atoms with van der Waals surface area (Å²) in [6, 6.07) is -0.401. The van der Waals surface area contributed by atoms with Crippen molar-refractivity contribution in [2.45, 2.75) is 65.7 Å². The first-order valence-electron chi connectivity index (χ1n) is 16.4. The summed E-state index contributed by atoms with van der Waals surface area (Å²) in [5.74, 6) is -3.31. The first-order chi connectivity index (χ1) is 27.1. The number of imide groups is 4. The first-order valence-corrected chi connectivity index (χ1v) is 16.4. The van der Waals surface area contributed by atoms with Gasteiger partial charge in [0.1, 0.15) is 0 Å². The van der Waals surface area contributed by atoms with Gasteiger partial charge in [0.05, 0.1) is 66.8 Å². The maximum Gasteiger partial charge on any atom is 2.00 e. The number of ether oxygens (including phenoxy) is 4. The maximum atomic E-state index is 11.0. The summed E-state index contributed by atoms with van der Waals surface area (Å²) in [4.78, 5) is 128. The second kappa shape index (κ2) is 30.9. The van der Waals surface area contributed by atoms with Crippen molar-refractivity contribution in [3.8, 4) is 12.1 Å². The van der Waals surface area contributed by atoms with Crippen LogP contribution in [0.5, 0.6) is 0 Å². The SMILES string of the molecule is CC#N.CC#N.COC(=O)C1CN(C(C)=O)C(=[OH+])N1.COC(=O)C1CN(C(C)=O)C(=[OH+])N1.COC(=O)C1CN(C(C)=O)C(=[OH+])N1.COC(=O)C1CN(C(C)=O)C(=[OH+])N1.[Rh+2].[Rh+2]. The molecule has 28 heteroatoms. The molecule has 4 rings (SSSR count). The normalized spacial score (nSPS) is 18.7. The van der Waals surface area contributed by atoms with Crippen LogP contribution in [0, 0.1) is 22.7 Å². The Morgan fingerprint density at radius 3 is 0.683 bits per heavy atom. The molecule has 0 aliphatic carbocycles. The fourth-order valence-corrected chi connectivity index (χ4v) is 4.41. The second-order valence-corrected chi connectivity index (χ2v) is 11.1. The van der Waals surface area contributed by atoms with E-state index in [1.807, 2.05) is 0 Å². The van der Waals surface area contributed by atoms with Gasteiger partial charge >= 0.3 is 87.0 Å². The van der Waals surface area contributed by atoms with E-state index >= 15 is 0 Å². The zero-order valence-electron chi connectivity index (χ0n) is 34.2. The number of hydrogen-bond donors (Lipinski definition) is 4. The van der Waals surface area contributed by atoms with Crippen LogP contribution in [0.4, 0.5) is 0 Å². The van der Waals surface area contributed by atoms with Gasteiger partial charge in [0.25, 0.3) is 0 Å². The van der Waals surface area contributed by atoms with Crippen molar-refractivity contribution in [2.24, 2.45) is 0 Å². The largest absolute Gasteiger partial charge is 2.00 e. The molecule has 0 spiro atoms. The third-order valence-electron chi connectivity index (χ3n) is 7.16. The Morgan fingerprint density at radius 1 is 0.467 bits per heavy atom. The zero-order chi connectivity index (χ0) is 45.4. The zero-order valence-corrected chi connectivity index (χ0v) is 37.5. The van der Waals surface area contributed by atoms with Crippen molar-refractivity contribution >= 4 is 71.6 Å². The molecular weight excluding hydrogens is 986 g/mol. The Kier molecular flexibility index (Phi) is 31.2. The van der Waals surface area contributed by atoms with Gasteiger partial charge < -0.3 is 18.9 Å². The molecule has 2 radical (unpaired) electrons. The molecule has 4 heterocycles. The summed E-state index contributed by atoms with van der Waals surface area (Å²) in [5, 5.41) is 24.4. The van der Waals surface area contributed by atoms with Gasteiger partial charge in [-0.2, -0.15) is 10.5 Å². The van der Waals surface area contributed by atoms with Gasteiger partial charge in [-0.25, -0.2) is 58.0 Å². The van der Waals surface area contributed by atoms with Crippen molar-refractivity contribution in [3.63, 3.8) is 0 Å². The molecule has 4 saturated heterocycles. The number of nitrogens with zero attached hydrogens (tertiary/aromatic N) is 6. The molecule has 0 saturated carbocycles. The molecule has 4 aliphatic heterocycles. The van der Waals surface area contributed by atoms with E-state index in [0.717, 1.165) is 19.6 Å². The van der Waals surface area contributed by atoms with E-state index in [2.05, 4.69) is 40.2 Å². The van der Waals surface area contributed by atoms with Gasteiger partial charge in [0.15, 0.2) is 24.2 Å². The molecule has 4 aliphatic rings. The Balaban J connectivity index is -0.000000329. The number of hydrogen-bond acceptors (Lipinski definition) is 14. The van der Waals surface area contributed by atoms with Crippen molar-refractivity contribution in [1.82, 2.24) is 40.9 Å². The minimum absolute atomic E-state index is 0. The molecule has 60 heavy (non-hydrogen) atoms. The fraction of sp³-hybridized carbons (Fsp3) is 0.562. The molecule has 4 atom stereocenters. The van der Waals surface area contributed by atoms with E-state index in [0.29, 0.717) is 0 Å². The standard InChI is InChI=1S/4C7H10N2O4.2C2H3N.2Rh/c4*1-4(10)9-3-5(6(11)13-2)8-7(9)12;2*1-2-3;;/h4*5H,3H2,1-2H3,(H,8,12);2*1H3;;/q;;;;;;2*+2/p+4. The van der Waals surface area contributed by atoms with Gasteiger partial charge in [-0.15, -0.1) is 0 Å². The number of esters is 4. The first kappa shape index (κ1) is 60.5. The molecule has 0 bridgehead atoms. The Hall–Kier alpha value is -6.13. The van der Waals surface area contributed by atoms with Crippen molar-refractivity contribution < 1.29 is 115 Å². The number of urea groups is 4. The third kappa shape index (κ3) is 20.0. The van der Waals surface area contributed by atoms with Gasteiger partial charge in [0.2, 0.25) is 23.6 Å². The van der Waals surface area contributed by atoms with E-state index in [1.54, 1.807) is 12.1 Å². The minimum Gasteiger partial charge on any atom is -0.467 e. The topological polar surface area (TPSA) is 368 Å². The second-order valence-electron chi connectivity index (χ2n) is 11.1.